The summed E-state index contributed by atoms with van der Waals surface area (Å²) in [6.07, 6.45) is 2.99. The number of aromatic nitrogens is 2. The zero-order valence-electron chi connectivity index (χ0n) is 25.3. The number of unbranched alkanes of at least 4 members (excludes halogenated alkanes) is 2. The molecule has 240 valence electrons. The first kappa shape index (κ1) is 33.6. The summed E-state index contributed by atoms with van der Waals surface area (Å²) in [6.45, 7) is 2.64. The van der Waals surface area contributed by atoms with E-state index < -0.39 is 17.7 Å². The van der Waals surface area contributed by atoms with Gasteiger partial charge in [-0.3, -0.25) is 14.5 Å². The van der Waals surface area contributed by atoms with Gasteiger partial charge in [0.2, 0.25) is 5.13 Å². The number of carbonyl (C=O) groups is 2. The highest BCUT2D eigenvalue weighted by Gasteiger charge is 2.48. The summed E-state index contributed by atoms with van der Waals surface area (Å²) in [4.78, 5) is 28.6. The van der Waals surface area contributed by atoms with E-state index in [9.17, 15) is 14.7 Å². The van der Waals surface area contributed by atoms with Crippen molar-refractivity contribution in [3.63, 3.8) is 0 Å². The van der Waals surface area contributed by atoms with Gasteiger partial charge in [-0.15, -0.1) is 10.2 Å². The minimum absolute atomic E-state index is 0.0915. The van der Waals surface area contributed by atoms with Crippen molar-refractivity contribution in [3.8, 4) is 17.2 Å². The number of amides is 1. The Morgan fingerprint density at radius 2 is 1.76 bits per heavy atom. The van der Waals surface area contributed by atoms with Crippen LogP contribution in [-0.4, -0.2) is 47.8 Å². The van der Waals surface area contributed by atoms with Crippen LogP contribution in [0.25, 0.3) is 5.76 Å². The standard InChI is InChI=1S/C33H31Cl2N3O6S2/c1-4-5-6-15-44-25-14-10-20(16-26(25)43-3)28-27(29(39)19-8-12-23(42-2)13-9-19)30(40)31(41)38(28)32-36-37-33(46-32)45-18-21-7-11-22(34)17-24(21)35/h7-14,16-17,28,39H,4-6,15,18H2,1-3H3/b29-27-. The number of anilines is 1. The van der Waals surface area contributed by atoms with Crippen molar-refractivity contribution < 1.29 is 28.9 Å². The van der Waals surface area contributed by atoms with Crippen molar-refractivity contribution >= 4 is 68.9 Å². The van der Waals surface area contributed by atoms with Gasteiger partial charge in [-0.05, 0) is 66.1 Å². The molecule has 46 heavy (non-hydrogen) atoms. The maximum atomic E-state index is 13.7. The van der Waals surface area contributed by atoms with Crippen molar-refractivity contribution in [2.75, 3.05) is 25.7 Å². The van der Waals surface area contributed by atoms with Gasteiger partial charge in [0, 0.05) is 21.4 Å². The molecule has 1 unspecified atom stereocenters. The number of thioether (sulfide) groups is 1. The number of Topliss-reactive ketones (excluding diaryl/α,β-unsaturated/α-hetero) is 1. The van der Waals surface area contributed by atoms with Crippen LogP contribution in [0.5, 0.6) is 17.2 Å². The summed E-state index contributed by atoms with van der Waals surface area (Å²) in [7, 11) is 3.05. The minimum Gasteiger partial charge on any atom is -0.507 e. The van der Waals surface area contributed by atoms with Crippen molar-refractivity contribution in [2.24, 2.45) is 0 Å². The second kappa shape index (κ2) is 15.2. The fourth-order valence-electron chi connectivity index (χ4n) is 4.89. The predicted molar refractivity (Wildman–Crippen MR) is 182 cm³/mol. The molecule has 0 saturated carbocycles. The Morgan fingerprint density at radius 1 is 0.978 bits per heavy atom. The van der Waals surface area contributed by atoms with E-state index in [1.165, 1.54) is 30.9 Å². The molecule has 1 aliphatic rings. The van der Waals surface area contributed by atoms with Crippen LogP contribution in [0.15, 0.2) is 70.6 Å². The van der Waals surface area contributed by atoms with Gasteiger partial charge >= 0.3 is 5.91 Å². The molecule has 0 aliphatic carbocycles. The highest BCUT2D eigenvalue weighted by atomic mass is 35.5. The molecular formula is C33H31Cl2N3O6S2. The zero-order chi connectivity index (χ0) is 32.8. The maximum absolute atomic E-state index is 13.7. The quantitative estimate of drug-likeness (QED) is 0.0367. The maximum Gasteiger partial charge on any atom is 0.301 e. The number of aliphatic hydroxyl groups is 1. The first-order chi connectivity index (χ1) is 22.2. The van der Waals surface area contributed by atoms with Crippen LogP contribution < -0.4 is 19.1 Å². The van der Waals surface area contributed by atoms with Crippen LogP contribution in [0.4, 0.5) is 5.13 Å². The van der Waals surface area contributed by atoms with E-state index in [4.69, 9.17) is 37.4 Å². The first-order valence-corrected chi connectivity index (χ1v) is 17.0. The molecule has 0 spiro atoms. The Kier molecular flexibility index (Phi) is 11.1. The van der Waals surface area contributed by atoms with Crippen molar-refractivity contribution in [1.82, 2.24) is 10.2 Å². The molecule has 1 aliphatic heterocycles. The number of benzene rings is 3. The van der Waals surface area contributed by atoms with Crippen LogP contribution in [0.3, 0.4) is 0 Å². The van der Waals surface area contributed by atoms with E-state index >= 15 is 0 Å². The number of aliphatic hydroxyl groups excluding tert-OH is 1. The van der Waals surface area contributed by atoms with Gasteiger partial charge in [0.25, 0.3) is 5.78 Å². The molecular weight excluding hydrogens is 669 g/mol. The third-order valence-corrected chi connectivity index (χ3v) is 9.98. The molecule has 0 radical (unpaired) electrons. The summed E-state index contributed by atoms with van der Waals surface area (Å²) < 4.78 is 17.4. The predicted octanol–water partition coefficient (Wildman–Crippen LogP) is 8.35. The lowest BCUT2D eigenvalue weighted by Crippen LogP contribution is -2.29. The fourth-order valence-corrected chi connectivity index (χ4v) is 7.32. The number of halogens is 2. The lowest BCUT2D eigenvalue weighted by atomic mass is 9.95. The van der Waals surface area contributed by atoms with Crippen molar-refractivity contribution in [1.29, 1.82) is 0 Å². The summed E-state index contributed by atoms with van der Waals surface area (Å²) in [5.41, 5.74) is 1.63. The number of rotatable bonds is 13. The third kappa shape index (κ3) is 7.28. The molecule has 4 aromatic rings. The molecule has 9 nitrogen and oxygen atoms in total. The molecule has 0 bridgehead atoms. The molecule has 2 heterocycles. The summed E-state index contributed by atoms with van der Waals surface area (Å²) >= 11 is 14.9. The number of methoxy groups -OCH3 is 2. The zero-order valence-corrected chi connectivity index (χ0v) is 28.4. The normalized spacial score (nSPS) is 15.8. The molecule has 1 fully saturated rings. The lowest BCUT2D eigenvalue weighted by molar-refractivity contribution is -0.132. The van der Waals surface area contributed by atoms with Gasteiger partial charge in [0.1, 0.15) is 11.5 Å². The molecule has 13 heteroatoms. The number of ketones is 1. The summed E-state index contributed by atoms with van der Waals surface area (Å²) in [5, 5.41) is 21.3. The lowest BCUT2D eigenvalue weighted by Gasteiger charge is -2.23. The Bertz CT molecular complexity index is 1760. The molecule has 3 aromatic carbocycles. The van der Waals surface area contributed by atoms with E-state index in [1.807, 2.05) is 6.07 Å². The molecule has 5 rings (SSSR count). The SMILES string of the molecule is CCCCCOc1ccc(C2/C(=C(/O)c3ccc(OC)cc3)C(=O)C(=O)N2c2nnc(SCc3ccc(Cl)cc3Cl)s2)cc1OC. The first-order valence-electron chi connectivity index (χ1n) is 14.4. The molecule has 1 amide bonds. The van der Waals surface area contributed by atoms with Gasteiger partial charge in [0.05, 0.1) is 32.4 Å². The van der Waals surface area contributed by atoms with E-state index in [0.29, 0.717) is 55.1 Å². The summed E-state index contributed by atoms with van der Waals surface area (Å²) in [5.74, 6) is 0.000930. The van der Waals surface area contributed by atoms with E-state index in [0.717, 1.165) is 36.2 Å². The van der Waals surface area contributed by atoms with Crippen LogP contribution in [0, 0.1) is 0 Å². The molecule has 1 saturated heterocycles. The Hall–Kier alpha value is -3.77. The minimum atomic E-state index is -1.03. The van der Waals surface area contributed by atoms with E-state index in [1.54, 1.807) is 54.6 Å². The van der Waals surface area contributed by atoms with Crippen LogP contribution in [0.1, 0.15) is 48.9 Å². The topological polar surface area (TPSA) is 111 Å². The number of hydrogen-bond acceptors (Lipinski definition) is 10. The van der Waals surface area contributed by atoms with Crippen molar-refractivity contribution in [2.45, 2.75) is 42.3 Å². The van der Waals surface area contributed by atoms with Crippen LogP contribution in [-0.2, 0) is 15.3 Å². The Balaban J connectivity index is 1.53. The van der Waals surface area contributed by atoms with E-state index in [-0.39, 0.29) is 16.5 Å². The fraction of sp³-hybridized carbons (Fsp3) is 0.273. The number of carbonyl (C=O) groups excluding carboxylic acids is 2. The van der Waals surface area contributed by atoms with Crippen molar-refractivity contribution in [3.05, 3.63) is 93.0 Å². The highest BCUT2D eigenvalue weighted by molar-refractivity contribution is 8.00. The summed E-state index contributed by atoms with van der Waals surface area (Å²) in [6, 6.07) is 16.0. The second-order valence-corrected chi connectivity index (χ2v) is 13.3. The number of ether oxygens (including phenoxy) is 3. The monoisotopic (exact) mass is 699 g/mol. The van der Waals surface area contributed by atoms with Crippen LogP contribution in [0.2, 0.25) is 10.0 Å². The van der Waals surface area contributed by atoms with Gasteiger partial charge in [0.15, 0.2) is 15.8 Å². The Morgan fingerprint density at radius 3 is 2.46 bits per heavy atom. The molecule has 1 atom stereocenters. The third-order valence-electron chi connectivity index (χ3n) is 7.28. The van der Waals surface area contributed by atoms with Gasteiger partial charge in [-0.2, -0.15) is 0 Å². The second-order valence-electron chi connectivity index (χ2n) is 10.2. The average molecular weight is 701 g/mol. The smallest absolute Gasteiger partial charge is 0.301 e. The molecule has 1 N–H and O–H groups in total. The number of hydrogen-bond donors (Lipinski definition) is 1. The van der Waals surface area contributed by atoms with Gasteiger partial charge in [-0.1, -0.05) is 78.2 Å². The highest BCUT2D eigenvalue weighted by Crippen LogP contribution is 2.46. The largest absolute Gasteiger partial charge is 0.507 e. The van der Waals surface area contributed by atoms with Gasteiger partial charge in [-0.25, -0.2) is 0 Å². The van der Waals surface area contributed by atoms with E-state index in [2.05, 4.69) is 17.1 Å². The molecule has 1 aromatic heterocycles. The Labute approximate surface area is 285 Å². The van der Waals surface area contributed by atoms with Gasteiger partial charge < -0.3 is 19.3 Å². The average Bonchev–Trinajstić information content (AvgIpc) is 3.63. The van der Waals surface area contributed by atoms with Crippen LogP contribution >= 0.6 is 46.3 Å². The number of nitrogens with zero attached hydrogens (tertiary/aromatic N) is 3.